The van der Waals surface area contributed by atoms with Crippen LogP contribution in [0.2, 0.25) is 0 Å². The minimum atomic E-state index is -0.413. The first-order valence-electron chi connectivity index (χ1n) is 11.2. The van der Waals surface area contributed by atoms with Crippen LogP contribution in [0.3, 0.4) is 0 Å². The van der Waals surface area contributed by atoms with E-state index in [2.05, 4.69) is 26.3 Å². The maximum Gasteiger partial charge on any atom is 0.263 e. The van der Waals surface area contributed by atoms with E-state index in [1.54, 1.807) is 16.8 Å². The van der Waals surface area contributed by atoms with Crippen molar-refractivity contribution < 1.29 is 0 Å². The van der Waals surface area contributed by atoms with Crippen LogP contribution in [0, 0.1) is 11.3 Å². The van der Waals surface area contributed by atoms with Gasteiger partial charge in [-0.05, 0) is 53.8 Å². The van der Waals surface area contributed by atoms with Crippen LogP contribution in [0.1, 0.15) is 24.2 Å². The molecule has 3 heterocycles. The predicted molar refractivity (Wildman–Crippen MR) is 140 cm³/mol. The van der Waals surface area contributed by atoms with Crippen LogP contribution in [0.5, 0.6) is 0 Å². The Labute approximate surface area is 206 Å². The molecule has 0 saturated carbocycles. The van der Waals surface area contributed by atoms with Crippen LogP contribution in [-0.2, 0) is 0 Å². The zero-order chi connectivity index (χ0) is 25.2. The Morgan fingerprint density at radius 3 is 2.58 bits per heavy atom. The summed E-state index contributed by atoms with van der Waals surface area (Å²) in [7, 11) is 0. The van der Waals surface area contributed by atoms with Crippen LogP contribution >= 0.6 is 0 Å². The SMILES string of the molecule is CC(Nc1nc(N)ncc1C#N)c1cc2cccc(-c3ccnc(N)c3)c2c(=O)n1-c1ccccc1. The highest BCUT2D eigenvalue weighted by Gasteiger charge is 2.20. The monoisotopic (exact) mass is 474 g/mol. The van der Waals surface area contributed by atoms with Crippen molar-refractivity contribution in [3.8, 4) is 22.9 Å². The molecule has 5 rings (SSSR count). The van der Waals surface area contributed by atoms with Crippen molar-refractivity contribution in [2.24, 2.45) is 0 Å². The zero-order valence-corrected chi connectivity index (χ0v) is 19.4. The molecule has 36 heavy (non-hydrogen) atoms. The number of nitrogen functional groups attached to an aromatic ring is 2. The summed E-state index contributed by atoms with van der Waals surface area (Å²) in [4.78, 5) is 26.3. The van der Waals surface area contributed by atoms with Crippen LogP contribution in [0.15, 0.2) is 83.9 Å². The summed E-state index contributed by atoms with van der Waals surface area (Å²) >= 11 is 0. The summed E-state index contributed by atoms with van der Waals surface area (Å²) in [6, 6.07) is 22.3. The lowest BCUT2D eigenvalue weighted by molar-refractivity contribution is 0.772. The normalized spacial score (nSPS) is 11.7. The molecule has 3 aromatic heterocycles. The van der Waals surface area contributed by atoms with Gasteiger partial charge in [0.05, 0.1) is 17.6 Å². The predicted octanol–water partition coefficient (Wildman–Crippen LogP) is 4.05. The average Bonchev–Trinajstić information content (AvgIpc) is 2.89. The van der Waals surface area contributed by atoms with E-state index < -0.39 is 6.04 Å². The minimum Gasteiger partial charge on any atom is -0.384 e. The Morgan fingerprint density at radius 1 is 1.03 bits per heavy atom. The molecule has 0 spiro atoms. The third-order valence-corrected chi connectivity index (χ3v) is 5.91. The lowest BCUT2D eigenvalue weighted by atomic mass is 9.98. The summed E-state index contributed by atoms with van der Waals surface area (Å²) in [6.07, 6.45) is 2.99. The molecule has 9 heteroatoms. The lowest BCUT2D eigenvalue weighted by Crippen LogP contribution is -2.26. The van der Waals surface area contributed by atoms with E-state index in [1.807, 2.05) is 67.6 Å². The third-order valence-electron chi connectivity index (χ3n) is 5.91. The number of benzene rings is 2. The van der Waals surface area contributed by atoms with Gasteiger partial charge in [0.2, 0.25) is 5.95 Å². The van der Waals surface area contributed by atoms with Crippen LogP contribution in [0.25, 0.3) is 27.6 Å². The summed E-state index contributed by atoms with van der Waals surface area (Å²) in [5.41, 5.74) is 14.7. The molecule has 9 nitrogen and oxygen atoms in total. The Morgan fingerprint density at radius 2 is 1.83 bits per heavy atom. The number of nitrogens with one attached hydrogen (secondary N) is 1. The Balaban J connectivity index is 1.75. The molecule has 0 amide bonds. The fourth-order valence-corrected chi connectivity index (χ4v) is 4.27. The standard InChI is InChI=1S/C27H22N8O/c1-16(33-25-19(14-28)15-32-27(30)34-25)22-12-18-6-5-9-21(17-10-11-31-23(29)13-17)24(18)26(36)35(22)20-7-3-2-4-8-20/h2-13,15-16H,1H3,(H2,29,31)(H3,30,32,33,34). The highest BCUT2D eigenvalue weighted by molar-refractivity contribution is 5.96. The number of pyridine rings is 2. The van der Waals surface area contributed by atoms with Gasteiger partial charge in [-0.25, -0.2) is 9.97 Å². The van der Waals surface area contributed by atoms with Crippen molar-refractivity contribution in [2.75, 3.05) is 16.8 Å². The van der Waals surface area contributed by atoms with Gasteiger partial charge in [0.15, 0.2) is 0 Å². The molecule has 176 valence electrons. The van der Waals surface area contributed by atoms with E-state index in [4.69, 9.17) is 11.5 Å². The maximum absolute atomic E-state index is 14.2. The number of para-hydroxylation sites is 1. The molecule has 1 unspecified atom stereocenters. The number of fused-ring (bicyclic) bond motifs is 1. The molecule has 5 aromatic rings. The van der Waals surface area contributed by atoms with E-state index in [9.17, 15) is 10.1 Å². The van der Waals surface area contributed by atoms with Gasteiger partial charge in [-0.2, -0.15) is 10.2 Å². The molecule has 0 bridgehead atoms. The van der Waals surface area contributed by atoms with Crippen molar-refractivity contribution in [3.63, 3.8) is 0 Å². The molecule has 2 aromatic carbocycles. The second-order valence-corrected chi connectivity index (χ2v) is 8.25. The quantitative estimate of drug-likeness (QED) is 0.345. The molecule has 0 fully saturated rings. The van der Waals surface area contributed by atoms with Crippen molar-refractivity contribution in [1.82, 2.24) is 19.5 Å². The maximum atomic E-state index is 14.2. The van der Waals surface area contributed by atoms with Gasteiger partial charge in [0.25, 0.3) is 5.56 Å². The Hall–Kier alpha value is -5.23. The number of aromatic nitrogens is 4. The Kier molecular flexibility index (Phi) is 5.76. The third kappa shape index (κ3) is 4.08. The van der Waals surface area contributed by atoms with Crippen LogP contribution in [0.4, 0.5) is 17.6 Å². The molecular weight excluding hydrogens is 452 g/mol. The topological polar surface area (TPSA) is 149 Å². The number of rotatable bonds is 5. The van der Waals surface area contributed by atoms with E-state index in [0.29, 0.717) is 28.4 Å². The smallest absolute Gasteiger partial charge is 0.263 e. The number of nitriles is 1. The first-order valence-corrected chi connectivity index (χ1v) is 11.2. The molecule has 1 atom stereocenters. The van der Waals surface area contributed by atoms with Crippen LogP contribution in [-0.4, -0.2) is 19.5 Å². The van der Waals surface area contributed by atoms with Gasteiger partial charge < -0.3 is 16.8 Å². The second-order valence-electron chi connectivity index (χ2n) is 8.25. The number of hydrogen-bond donors (Lipinski definition) is 3. The zero-order valence-electron chi connectivity index (χ0n) is 19.4. The number of anilines is 3. The highest BCUT2D eigenvalue weighted by Crippen LogP contribution is 2.30. The fourth-order valence-electron chi connectivity index (χ4n) is 4.27. The number of nitrogens with zero attached hydrogens (tertiary/aromatic N) is 5. The largest absolute Gasteiger partial charge is 0.384 e. The second kappa shape index (κ2) is 9.19. The highest BCUT2D eigenvalue weighted by atomic mass is 16.1. The Bertz CT molecular complexity index is 1690. The van der Waals surface area contributed by atoms with Gasteiger partial charge in [-0.15, -0.1) is 0 Å². The van der Waals surface area contributed by atoms with Crippen molar-refractivity contribution >= 4 is 28.4 Å². The summed E-state index contributed by atoms with van der Waals surface area (Å²) in [6.45, 7) is 1.90. The van der Waals surface area contributed by atoms with Crippen molar-refractivity contribution in [1.29, 1.82) is 5.26 Å². The fraction of sp³-hybridized carbons (Fsp3) is 0.0741. The van der Waals surface area contributed by atoms with E-state index in [1.165, 1.54) is 6.20 Å². The van der Waals surface area contributed by atoms with Gasteiger partial charge >= 0.3 is 0 Å². The molecular formula is C27H22N8O. The molecule has 0 aliphatic carbocycles. The minimum absolute atomic E-state index is 0.0453. The summed E-state index contributed by atoms with van der Waals surface area (Å²) in [5, 5.41) is 14.1. The van der Waals surface area contributed by atoms with Crippen molar-refractivity contribution in [3.05, 3.63) is 101 Å². The van der Waals surface area contributed by atoms with Gasteiger partial charge in [-0.3, -0.25) is 9.36 Å². The van der Waals surface area contributed by atoms with Gasteiger partial charge in [0.1, 0.15) is 23.3 Å². The van der Waals surface area contributed by atoms with E-state index in [0.717, 1.165) is 16.5 Å². The van der Waals surface area contributed by atoms with Crippen molar-refractivity contribution in [2.45, 2.75) is 13.0 Å². The first-order chi connectivity index (χ1) is 17.5. The molecule has 0 saturated heterocycles. The van der Waals surface area contributed by atoms with Crippen LogP contribution < -0.4 is 22.3 Å². The summed E-state index contributed by atoms with van der Waals surface area (Å²) in [5.74, 6) is 0.717. The van der Waals surface area contributed by atoms with Gasteiger partial charge in [-0.1, -0.05) is 36.4 Å². The number of nitrogens with two attached hydrogens (primary N) is 2. The van der Waals surface area contributed by atoms with E-state index >= 15 is 0 Å². The first kappa shape index (κ1) is 22.6. The summed E-state index contributed by atoms with van der Waals surface area (Å²) < 4.78 is 1.67. The molecule has 0 aliphatic heterocycles. The van der Waals surface area contributed by atoms with Gasteiger partial charge in [0, 0.05) is 17.6 Å². The van der Waals surface area contributed by atoms with E-state index in [-0.39, 0.29) is 17.1 Å². The average molecular weight is 475 g/mol. The number of hydrogen-bond acceptors (Lipinski definition) is 8. The lowest BCUT2D eigenvalue weighted by Gasteiger charge is -2.22. The molecule has 5 N–H and O–H groups in total. The molecule has 0 aliphatic rings. The molecule has 0 radical (unpaired) electrons.